The molecule has 1 aromatic carbocycles. The first-order valence-electron chi connectivity index (χ1n) is 5.19. The van der Waals surface area contributed by atoms with E-state index >= 15 is 0 Å². The highest BCUT2D eigenvalue weighted by atomic mass is 35.5. The fourth-order valence-corrected chi connectivity index (χ4v) is 1.81. The van der Waals surface area contributed by atoms with Gasteiger partial charge in [-0.2, -0.15) is 0 Å². The molecule has 0 unspecified atom stereocenters. The number of rotatable bonds is 3. The minimum absolute atomic E-state index is 0.136. The van der Waals surface area contributed by atoms with E-state index in [1.807, 2.05) is 36.4 Å². The first kappa shape index (κ1) is 12.9. The van der Waals surface area contributed by atoms with Crippen molar-refractivity contribution in [3.63, 3.8) is 0 Å². The lowest BCUT2D eigenvalue weighted by Gasteiger charge is -1.99. The summed E-state index contributed by atoms with van der Waals surface area (Å²) in [5, 5.41) is 0.460. The molecule has 0 bridgehead atoms. The van der Waals surface area contributed by atoms with Crippen LogP contribution in [-0.4, -0.2) is 17.1 Å². The number of hydrogen-bond acceptors (Lipinski definition) is 3. The minimum atomic E-state index is 0.136. The van der Waals surface area contributed by atoms with Gasteiger partial charge in [0, 0.05) is 6.07 Å². The van der Waals surface area contributed by atoms with Crippen molar-refractivity contribution in [1.82, 2.24) is 9.97 Å². The van der Waals surface area contributed by atoms with Gasteiger partial charge in [0.25, 0.3) is 0 Å². The topological polar surface area (TPSA) is 35.0 Å². The first-order chi connectivity index (χ1) is 8.67. The van der Waals surface area contributed by atoms with Gasteiger partial charge in [-0.3, -0.25) is 0 Å². The zero-order valence-corrected chi connectivity index (χ0v) is 11.1. The lowest BCUT2D eigenvalue weighted by molar-refractivity contribution is 0.415. The highest BCUT2D eigenvalue weighted by molar-refractivity contribution is 6.31. The van der Waals surface area contributed by atoms with Crippen LogP contribution in [0.4, 0.5) is 0 Å². The van der Waals surface area contributed by atoms with Crippen LogP contribution in [0.15, 0.2) is 30.3 Å². The lowest BCUT2D eigenvalue weighted by Crippen LogP contribution is -1.86. The predicted molar refractivity (Wildman–Crippen MR) is 74.0 cm³/mol. The van der Waals surface area contributed by atoms with Crippen LogP contribution in [0, 0.1) is 0 Å². The van der Waals surface area contributed by atoms with Crippen molar-refractivity contribution in [3.05, 3.63) is 52.0 Å². The Morgan fingerprint density at radius 2 is 1.78 bits per heavy atom. The van der Waals surface area contributed by atoms with E-state index in [4.69, 9.17) is 27.9 Å². The Balaban J connectivity index is 2.18. The van der Waals surface area contributed by atoms with Gasteiger partial charge in [-0.15, -0.1) is 0 Å². The average Bonchev–Trinajstić information content (AvgIpc) is 2.36. The molecule has 1 aromatic heterocycles. The van der Waals surface area contributed by atoms with Crippen molar-refractivity contribution in [2.24, 2.45) is 0 Å². The van der Waals surface area contributed by atoms with Crippen molar-refractivity contribution in [2.75, 3.05) is 7.11 Å². The molecule has 18 heavy (non-hydrogen) atoms. The van der Waals surface area contributed by atoms with Gasteiger partial charge in [0.15, 0.2) is 0 Å². The molecule has 0 amide bonds. The van der Waals surface area contributed by atoms with E-state index in [1.165, 1.54) is 0 Å². The molecule has 1 heterocycles. The molecule has 0 N–H and O–H groups in total. The normalized spacial score (nSPS) is 10.8. The molecule has 3 nitrogen and oxygen atoms in total. The quantitative estimate of drug-likeness (QED) is 0.631. The molecule has 0 saturated heterocycles. The molecule has 0 aliphatic rings. The average molecular weight is 281 g/mol. The van der Waals surface area contributed by atoms with Crippen LogP contribution in [0.5, 0.6) is 5.75 Å². The third kappa shape index (κ3) is 3.45. The number of ether oxygens (including phenoxy) is 1. The van der Waals surface area contributed by atoms with Gasteiger partial charge in [-0.25, -0.2) is 9.97 Å². The van der Waals surface area contributed by atoms with Gasteiger partial charge in [0.2, 0.25) is 5.28 Å². The Hall–Kier alpha value is -1.58. The van der Waals surface area contributed by atoms with E-state index in [1.54, 1.807) is 13.2 Å². The zero-order chi connectivity index (χ0) is 13.0. The van der Waals surface area contributed by atoms with Crippen molar-refractivity contribution >= 4 is 35.4 Å². The van der Waals surface area contributed by atoms with Crippen LogP contribution in [0.1, 0.15) is 11.3 Å². The molecule has 2 rings (SSSR count). The third-order valence-electron chi connectivity index (χ3n) is 2.25. The van der Waals surface area contributed by atoms with Crippen LogP contribution < -0.4 is 4.74 Å². The Kier molecular flexibility index (Phi) is 4.18. The second-order valence-corrected chi connectivity index (χ2v) is 4.22. The van der Waals surface area contributed by atoms with E-state index in [-0.39, 0.29) is 5.28 Å². The number of nitrogens with zero attached hydrogens (tertiary/aromatic N) is 2. The summed E-state index contributed by atoms with van der Waals surface area (Å²) in [4.78, 5) is 7.82. The Labute approximate surface area is 115 Å². The summed E-state index contributed by atoms with van der Waals surface area (Å²) in [6.07, 6.45) is 3.73. The minimum Gasteiger partial charge on any atom is -0.497 e. The Morgan fingerprint density at radius 1 is 1.06 bits per heavy atom. The van der Waals surface area contributed by atoms with E-state index < -0.39 is 0 Å². The van der Waals surface area contributed by atoms with Crippen LogP contribution >= 0.6 is 23.2 Å². The number of hydrogen-bond donors (Lipinski definition) is 0. The number of methoxy groups -OCH3 is 1. The molecule has 0 aliphatic carbocycles. The van der Waals surface area contributed by atoms with E-state index in [2.05, 4.69) is 9.97 Å². The Bertz CT molecular complexity index is 547. The fraction of sp³-hybridized carbons (Fsp3) is 0.0769. The van der Waals surface area contributed by atoms with Gasteiger partial charge in [-0.1, -0.05) is 29.8 Å². The standard InChI is InChI=1S/C13H10Cl2N2O/c1-18-11-6-3-9(4-7-11)2-5-10-8-12(14)17-13(15)16-10/h2-8H,1H3. The maximum Gasteiger partial charge on any atom is 0.224 e. The number of aromatic nitrogens is 2. The molecule has 0 radical (unpaired) electrons. The fourth-order valence-electron chi connectivity index (χ4n) is 1.39. The summed E-state index contributed by atoms with van der Waals surface area (Å²) in [6, 6.07) is 9.31. The molecule has 0 spiro atoms. The number of benzene rings is 1. The molecule has 0 atom stereocenters. The van der Waals surface area contributed by atoms with Crippen molar-refractivity contribution in [3.8, 4) is 5.75 Å². The molecule has 0 fully saturated rings. The smallest absolute Gasteiger partial charge is 0.224 e. The molecule has 0 saturated carbocycles. The lowest BCUT2D eigenvalue weighted by atomic mass is 10.2. The number of halogens is 2. The SMILES string of the molecule is COc1ccc(C=Cc2cc(Cl)nc(Cl)n2)cc1. The van der Waals surface area contributed by atoms with Crippen molar-refractivity contribution in [1.29, 1.82) is 0 Å². The summed E-state index contributed by atoms with van der Waals surface area (Å²) in [7, 11) is 1.63. The van der Waals surface area contributed by atoms with Crippen LogP contribution in [0.3, 0.4) is 0 Å². The summed E-state index contributed by atoms with van der Waals surface area (Å²) >= 11 is 11.5. The van der Waals surface area contributed by atoms with E-state index in [9.17, 15) is 0 Å². The zero-order valence-electron chi connectivity index (χ0n) is 9.60. The maximum absolute atomic E-state index is 5.79. The van der Waals surface area contributed by atoms with Gasteiger partial charge >= 0.3 is 0 Å². The highest BCUT2D eigenvalue weighted by Gasteiger charge is 1.98. The molecule has 5 heteroatoms. The summed E-state index contributed by atoms with van der Waals surface area (Å²) < 4.78 is 5.08. The third-order valence-corrected chi connectivity index (χ3v) is 2.61. The monoisotopic (exact) mass is 280 g/mol. The molecular formula is C13H10Cl2N2O. The Morgan fingerprint density at radius 3 is 2.39 bits per heavy atom. The van der Waals surface area contributed by atoms with Crippen molar-refractivity contribution < 1.29 is 4.74 Å². The van der Waals surface area contributed by atoms with Gasteiger partial charge in [0.05, 0.1) is 12.8 Å². The van der Waals surface area contributed by atoms with Crippen molar-refractivity contribution in [2.45, 2.75) is 0 Å². The summed E-state index contributed by atoms with van der Waals surface area (Å²) in [6.45, 7) is 0. The largest absolute Gasteiger partial charge is 0.497 e. The van der Waals surface area contributed by atoms with E-state index in [0.717, 1.165) is 11.3 Å². The van der Waals surface area contributed by atoms with Gasteiger partial charge in [-0.05, 0) is 35.4 Å². The van der Waals surface area contributed by atoms with Crippen LogP contribution in [0.2, 0.25) is 10.4 Å². The molecule has 2 aromatic rings. The summed E-state index contributed by atoms with van der Waals surface area (Å²) in [5.74, 6) is 0.820. The second-order valence-electron chi connectivity index (χ2n) is 3.49. The van der Waals surface area contributed by atoms with Gasteiger partial charge in [0.1, 0.15) is 10.9 Å². The highest BCUT2D eigenvalue weighted by Crippen LogP contribution is 2.15. The van der Waals surface area contributed by atoms with E-state index in [0.29, 0.717) is 10.8 Å². The molecular weight excluding hydrogens is 271 g/mol. The maximum atomic E-state index is 5.79. The van der Waals surface area contributed by atoms with Crippen LogP contribution in [0.25, 0.3) is 12.2 Å². The first-order valence-corrected chi connectivity index (χ1v) is 5.95. The van der Waals surface area contributed by atoms with Crippen LogP contribution in [-0.2, 0) is 0 Å². The summed E-state index contributed by atoms with van der Waals surface area (Å²) in [5.41, 5.74) is 1.69. The second kappa shape index (κ2) is 5.85. The predicted octanol–water partition coefficient (Wildman–Crippen LogP) is 3.96. The molecule has 92 valence electrons. The molecule has 0 aliphatic heterocycles. The van der Waals surface area contributed by atoms with Gasteiger partial charge < -0.3 is 4.74 Å².